The maximum atomic E-state index is 13.6. The molecule has 0 saturated carbocycles. The molecular formula is C16H18FN3O. The molecule has 0 bridgehead atoms. The molecule has 1 aromatic heterocycles. The van der Waals surface area contributed by atoms with Gasteiger partial charge in [-0.2, -0.15) is 5.10 Å². The molecule has 4 nitrogen and oxygen atoms in total. The first-order chi connectivity index (χ1) is 10.2. The molecule has 0 fully saturated rings. The second-order valence-electron chi connectivity index (χ2n) is 4.58. The van der Waals surface area contributed by atoms with Crippen molar-refractivity contribution in [1.29, 1.82) is 0 Å². The van der Waals surface area contributed by atoms with E-state index in [0.29, 0.717) is 6.54 Å². The fourth-order valence-corrected chi connectivity index (χ4v) is 2.04. The van der Waals surface area contributed by atoms with Gasteiger partial charge in [-0.05, 0) is 17.7 Å². The maximum Gasteiger partial charge on any atom is 0.150 e. The van der Waals surface area contributed by atoms with E-state index < -0.39 is 0 Å². The van der Waals surface area contributed by atoms with Crippen molar-refractivity contribution in [3.8, 4) is 11.8 Å². The molecule has 0 radical (unpaired) electrons. The van der Waals surface area contributed by atoms with Crippen molar-refractivity contribution in [2.24, 2.45) is 0 Å². The van der Waals surface area contributed by atoms with E-state index in [2.05, 4.69) is 21.9 Å². The Hall–Kier alpha value is -2.19. The van der Waals surface area contributed by atoms with Crippen LogP contribution in [0.5, 0.6) is 0 Å². The van der Waals surface area contributed by atoms with Crippen molar-refractivity contribution >= 4 is 0 Å². The lowest BCUT2D eigenvalue weighted by Gasteiger charge is -2.06. The van der Waals surface area contributed by atoms with Crippen molar-refractivity contribution in [3.63, 3.8) is 0 Å². The number of hydrogen-bond donors (Lipinski definition) is 1. The van der Waals surface area contributed by atoms with Crippen LogP contribution in [0.1, 0.15) is 36.6 Å². The van der Waals surface area contributed by atoms with Crippen molar-refractivity contribution < 1.29 is 9.50 Å². The average molecular weight is 287 g/mol. The van der Waals surface area contributed by atoms with Gasteiger partial charge < -0.3 is 5.11 Å². The Balaban J connectivity index is 2.29. The van der Waals surface area contributed by atoms with E-state index in [1.165, 1.54) is 6.07 Å². The number of aromatic nitrogens is 3. The van der Waals surface area contributed by atoms with E-state index in [4.69, 9.17) is 5.11 Å². The molecule has 0 spiro atoms. The highest BCUT2D eigenvalue weighted by atomic mass is 19.1. The van der Waals surface area contributed by atoms with Gasteiger partial charge in [0.2, 0.25) is 0 Å². The third-order valence-electron chi connectivity index (χ3n) is 3.09. The monoisotopic (exact) mass is 287 g/mol. The first-order valence-electron chi connectivity index (χ1n) is 6.98. The molecule has 1 aromatic carbocycles. The van der Waals surface area contributed by atoms with Crippen LogP contribution in [-0.2, 0) is 19.4 Å². The highest BCUT2D eigenvalue weighted by Crippen LogP contribution is 2.12. The molecule has 21 heavy (non-hydrogen) atoms. The van der Waals surface area contributed by atoms with Gasteiger partial charge in [-0.3, -0.25) is 0 Å². The van der Waals surface area contributed by atoms with Gasteiger partial charge in [-0.1, -0.05) is 31.8 Å². The Labute approximate surface area is 123 Å². The summed E-state index contributed by atoms with van der Waals surface area (Å²) in [6, 6.07) is 4.79. The summed E-state index contributed by atoms with van der Waals surface area (Å²) in [5.41, 5.74) is 1.19. The lowest BCUT2D eigenvalue weighted by atomic mass is 10.1. The molecule has 2 aromatic rings. The second-order valence-corrected chi connectivity index (χ2v) is 4.58. The number of benzene rings is 1. The average Bonchev–Trinajstić information content (AvgIpc) is 2.90. The molecule has 0 saturated heterocycles. The van der Waals surface area contributed by atoms with Crippen LogP contribution in [0.4, 0.5) is 4.39 Å². The normalized spacial score (nSPS) is 10.3. The van der Waals surface area contributed by atoms with Crippen molar-refractivity contribution in [1.82, 2.24) is 14.8 Å². The molecule has 0 amide bonds. The zero-order chi connectivity index (χ0) is 15.2. The maximum absolute atomic E-state index is 13.6. The Morgan fingerprint density at radius 2 is 2.10 bits per heavy atom. The molecule has 0 unspecified atom stereocenters. The minimum atomic E-state index is -0.386. The smallest absolute Gasteiger partial charge is 0.150 e. The molecule has 1 N–H and O–H groups in total. The highest BCUT2D eigenvalue weighted by molar-refractivity contribution is 5.38. The van der Waals surface area contributed by atoms with Gasteiger partial charge in [0.1, 0.15) is 18.2 Å². The number of aliphatic hydroxyl groups is 1. The van der Waals surface area contributed by atoms with Crippen molar-refractivity contribution in [3.05, 3.63) is 46.8 Å². The molecular weight excluding hydrogens is 269 g/mol. The Morgan fingerprint density at radius 3 is 2.76 bits per heavy atom. The predicted octanol–water partition coefficient (Wildman–Crippen LogP) is 1.93. The van der Waals surface area contributed by atoms with Crippen LogP contribution in [0, 0.1) is 17.7 Å². The van der Waals surface area contributed by atoms with Crippen LogP contribution in [0.25, 0.3) is 0 Å². The molecule has 0 aliphatic heterocycles. The van der Waals surface area contributed by atoms with E-state index in [0.717, 1.165) is 30.1 Å². The summed E-state index contributed by atoms with van der Waals surface area (Å²) in [6.07, 6.45) is 1.59. The largest absolute Gasteiger partial charge is 0.384 e. The van der Waals surface area contributed by atoms with Gasteiger partial charge in [0.05, 0.1) is 12.1 Å². The molecule has 0 aliphatic rings. The SMILES string of the molecule is CCc1nc(CC)n(Cc2ccc(F)c(C#CCO)c2)n1. The van der Waals surface area contributed by atoms with E-state index in [1.807, 2.05) is 18.5 Å². The summed E-state index contributed by atoms with van der Waals surface area (Å²) in [6.45, 7) is 4.29. The number of aliphatic hydroxyl groups excluding tert-OH is 1. The fourth-order valence-electron chi connectivity index (χ4n) is 2.04. The number of rotatable bonds is 4. The lowest BCUT2D eigenvalue weighted by molar-refractivity contribution is 0.350. The van der Waals surface area contributed by atoms with Gasteiger partial charge >= 0.3 is 0 Å². The fraction of sp³-hybridized carbons (Fsp3) is 0.375. The zero-order valence-corrected chi connectivity index (χ0v) is 12.2. The lowest BCUT2D eigenvalue weighted by Crippen LogP contribution is -2.07. The first-order valence-corrected chi connectivity index (χ1v) is 6.98. The predicted molar refractivity (Wildman–Crippen MR) is 78.2 cm³/mol. The van der Waals surface area contributed by atoms with Gasteiger partial charge in [0.15, 0.2) is 5.82 Å². The van der Waals surface area contributed by atoms with Gasteiger partial charge in [0.25, 0.3) is 0 Å². The Bertz CT molecular complexity index is 683. The summed E-state index contributed by atoms with van der Waals surface area (Å²) in [5, 5.41) is 13.1. The summed E-state index contributed by atoms with van der Waals surface area (Å²) in [4.78, 5) is 4.45. The summed E-state index contributed by atoms with van der Waals surface area (Å²) in [5.74, 6) is 6.42. The van der Waals surface area contributed by atoms with E-state index >= 15 is 0 Å². The van der Waals surface area contributed by atoms with Crippen LogP contribution in [0.15, 0.2) is 18.2 Å². The third-order valence-corrected chi connectivity index (χ3v) is 3.09. The van der Waals surface area contributed by atoms with Crippen LogP contribution in [0.2, 0.25) is 0 Å². The number of nitrogens with zero attached hydrogens (tertiary/aromatic N) is 3. The highest BCUT2D eigenvalue weighted by Gasteiger charge is 2.09. The summed E-state index contributed by atoms with van der Waals surface area (Å²) < 4.78 is 15.5. The third kappa shape index (κ3) is 3.67. The first kappa shape index (κ1) is 15.2. The zero-order valence-electron chi connectivity index (χ0n) is 12.2. The standard InChI is InChI=1S/C16H18FN3O/c1-3-15-18-16(4-2)20(19-15)11-12-7-8-14(17)13(10-12)6-5-9-21/h7-8,10,21H,3-4,9,11H2,1-2H3. The number of halogens is 1. The van der Waals surface area contributed by atoms with Crippen molar-refractivity contribution in [2.45, 2.75) is 33.2 Å². The minimum Gasteiger partial charge on any atom is -0.384 e. The van der Waals surface area contributed by atoms with E-state index in [-0.39, 0.29) is 18.0 Å². The molecule has 1 heterocycles. The van der Waals surface area contributed by atoms with E-state index in [1.54, 1.807) is 12.1 Å². The van der Waals surface area contributed by atoms with Gasteiger partial charge in [0, 0.05) is 12.8 Å². The minimum absolute atomic E-state index is 0.285. The summed E-state index contributed by atoms with van der Waals surface area (Å²) in [7, 11) is 0. The Morgan fingerprint density at radius 1 is 1.29 bits per heavy atom. The molecule has 0 atom stereocenters. The van der Waals surface area contributed by atoms with Crippen molar-refractivity contribution in [2.75, 3.05) is 6.61 Å². The molecule has 2 rings (SSSR count). The van der Waals surface area contributed by atoms with E-state index in [9.17, 15) is 4.39 Å². The van der Waals surface area contributed by atoms with Gasteiger partial charge in [-0.25, -0.2) is 14.1 Å². The van der Waals surface area contributed by atoms with Crippen LogP contribution < -0.4 is 0 Å². The van der Waals surface area contributed by atoms with Crippen LogP contribution >= 0.6 is 0 Å². The quantitative estimate of drug-likeness (QED) is 0.874. The molecule has 110 valence electrons. The molecule has 0 aliphatic carbocycles. The Kier molecular flexibility index (Phi) is 5.07. The number of aryl methyl sites for hydroxylation is 2. The van der Waals surface area contributed by atoms with Crippen LogP contribution in [-0.4, -0.2) is 26.5 Å². The van der Waals surface area contributed by atoms with Gasteiger partial charge in [-0.15, -0.1) is 0 Å². The second kappa shape index (κ2) is 7.00. The van der Waals surface area contributed by atoms with Crippen LogP contribution in [0.3, 0.4) is 0 Å². The number of hydrogen-bond acceptors (Lipinski definition) is 3. The molecule has 5 heteroatoms. The summed E-state index contributed by atoms with van der Waals surface area (Å²) >= 11 is 0. The topological polar surface area (TPSA) is 50.9 Å².